The molecule has 9 aromatic rings. The topological polar surface area (TPSA) is 6.48 Å². The lowest BCUT2D eigenvalue weighted by atomic mass is 9.70. The Balaban J connectivity index is 1.07. The standard InChI is InChI=1S/C58H46N2/c1-57(2)50-26-14-13-24-48(50)49-37-35-44(38-52(49)57)59(42-21-9-6-10-22-42)43-33-30-41(31-34-43)45-25-17-29-54-55(45)58(3,4)51-27-15-16-28-53(51)60(54)56-46-23-12-11-20-40(46)32-36-47(56)39-18-7-5-8-19-39/h5-38H,1-4H3. The van der Waals surface area contributed by atoms with Crippen LogP contribution in [0.2, 0.25) is 0 Å². The van der Waals surface area contributed by atoms with E-state index in [4.69, 9.17) is 0 Å². The molecule has 0 fully saturated rings. The molecule has 2 nitrogen and oxygen atoms in total. The molecule has 1 heterocycles. The first-order valence-electron chi connectivity index (χ1n) is 21.1. The van der Waals surface area contributed by atoms with E-state index in [1.807, 2.05) is 0 Å². The largest absolute Gasteiger partial charge is 0.310 e. The van der Waals surface area contributed by atoms with E-state index in [9.17, 15) is 0 Å². The van der Waals surface area contributed by atoms with Crippen LogP contribution in [0.5, 0.6) is 0 Å². The van der Waals surface area contributed by atoms with Gasteiger partial charge in [0.25, 0.3) is 0 Å². The number of benzene rings is 9. The SMILES string of the molecule is CC1(C)c2ccccc2-c2ccc(N(c3ccccc3)c3ccc(-c4cccc5c4C(C)(C)c4ccccc4N5c4c(-c5ccccc5)ccc5ccccc45)cc3)cc21. The zero-order chi connectivity index (χ0) is 40.6. The smallest absolute Gasteiger partial charge is 0.0618 e. The molecule has 0 atom stereocenters. The van der Waals surface area contributed by atoms with Gasteiger partial charge in [-0.25, -0.2) is 0 Å². The van der Waals surface area contributed by atoms with E-state index in [0.717, 1.165) is 17.1 Å². The van der Waals surface area contributed by atoms with Crippen LogP contribution in [0.15, 0.2) is 206 Å². The molecular formula is C58H46N2. The normalized spacial score (nSPS) is 14.2. The van der Waals surface area contributed by atoms with Crippen molar-refractivity contribution in [2.75, 3.05) is 9.80 Å². The minimum atomic E-state index is -0.278. The predicted molar refractivity (Wildman–Crippen MR) is 254 cm³/mol. The molecule has 2 heteroatoms. The van der Waals surface area contributed by atoms with Gasteiger partial charge in [0.1, 0.15) is 0 Å². The maximum atomic E-state index is 2.54. The van der Waals surface area contributed by atoms with E-state index in [-0.39, 0.29) is 10.8 Å². The molecule has 11 rings (SSSR count). The van der Waals surface area contributed by atoms with Crippen molar-refractivity contribution in [3.05, 3.63) is 229 Å². The summed E-state index contributed by atoms with van der Waals surface area (Å²) >= 11 is 0. The van der Waals surface area contributed by atoms with E-state index in [0.29, 0.717) is 0 Å². The molecule has 0 aromatic heterocycles. The first-order chi connectivity index (χ1) is 29.3. The van der Waals surface area contributed by atoms with Gasteiger partial charge in [-0.3, -0.25) is 0 Å². The molecule has 0 unspecified atom stereocenters. The third kappa shape index (κ3) is 5.48. The van der Waals surface area contributed by atoms with E-state index in [1.165, 1.54) is 83.5 Å². The Morgan fingerprint density at radius 2 is 0.933 bits per heavy atom. The average Bonchev–Trinajstić information content (AvgIpc) is 3.52. The Morgan fingerprint density at radius 1 is 0.367 bits per heavy atom. The molecule has 60 heavy (non-hydrogen) atoms. The van der Waals surface area contributed by atoms with Crippen molar-refractivity contribution in [1.29, 1.82) is 0 Å². The first kappa shape index (κ1) is 36.0. The van der Waals surface area contributed by atoms with Gasteiger partial charge in [-0.05, 0) is 104 Å². The minimum Gasteiger partial charge on any atom is -0.310 e. The van der Waals surface area contributed by atoms with Crippen LogP contribution < -0.4 is 9.80 Å². The number of rotatable bonds is 6. The minimum absolute atomic E-state index is 0.0895. The average molecular weight is 771 g/mol. The van der Waals surface area contributed by atoms with Crippen LogP contribution in [0.4, 0.5) is 34.1 Å². The van der Waals surface area contributed by atoms with Crippen LogP contribution in [0.25, 0.3) is 44.2 Å². The van der Waals surface area contributed by atoms with Crippen molar-refractivity contribution >= 4 is 44.9 Å². The van der Waals surface area contributed by atoms with Gasteiger partial charge in [0.05, 0.1) is 17.1 Å². The quantitative estimate of drug-likeness (QED) is 0.166. The Labute approximate surface area is 353 Å². The van der Waals surface area contributed by atoms with E-state index in [2.05, 4.69) is 244 Å². The number of hydrogen-bond donors (Lipinski definition) is 0. The summed E-state index contributed by atoms with van der Waals surface area (Å²) in [6.45, 7) is 9.50. The van der Waals surface area contributed by atoms with E-state index < -0.39 is 0 Å². The van der Waals surface area contributed by atoms with Crippen LogP contribution in [-0.2, 0) is 10.8 Å². The molecule has 0 spiro atoms. The fourth-order valence-electron chi connectivity index (χ4n) is 10.3. The Morgan fingerprint density at radius 3 is 1.73 bits per heavy atom. The van der Waals surface area contributed by atoms with Gasteiger partial charge in [0, 0.05) is 38.8 Å². The van der Waals surface area contributed by atoms with Gasteiger partial charge in [-0.1, -0.05) is 185 Å². The summed E-state index contributed by atoms with van der Waals surface area (Å²) in [7, 11) is 0. The number of anilines is 6. The lowest BCUT2D eigenvalue weighted by Crippen LogP contribution is -2.31. The Bertz CT molecular complexity index is 3090. The summed E-state index contributed by atoms with van der Waals surface area (Å²) < 4.78 is 0. The molecule has 0 saturated heterocycles. The van der Waals surface area contributed by atoms with Gasteiger partial charge in [-0.15, -0.1) is 0 Å². The van der Waals surface area contributed by atoms with Crippen molar-refractivity contribution in [1.82, 2.24) is 0 Å². The Hall–Kier alpha value is -7.16. The van der Waals surface area contributed by atoms with Gasteiger partial charge >= 0.3 is 0 Å². The highest BCUT2D eigenvalue weighted by atomic mass is 15.2. The zero-order valence-electron chi connectivity index (χ0n) is 34.5. The first-order valence-corrected chi connectivity index (χ1v) is 21.1. The Kier molecular flexibility index (Phi) is 8.22. The van der Waals surface area contributed by atoms with Crippen molar-refractivity contribution in [2.24, 2.45) is 0 Å². The van der Waals surface area contributed by atoms with Crippen LogP contribution in [-0.4, -0.2) is 0 Å². The second-order valence-electron chi connectivity index (χ2n) is 17.3. The summed E-state index contributed by atoms with van der Waals surface area (Å²) in [6, 6.07) is 76.0. The van der Waals surface area contributed by atoms with Crippen LogP contribution in [0.1, 0.15) is 49.9 Å². The maximum absolute atomic E-state index is 2.54. The molecule has 0 amide bonds. The van der Waals surface area contributed by atoms with Crippen molar-refractivity contribution < 1.29 is 0 Å². The highest BCUT2D eigenvalue weighted by Crippen LogP contribution is 2.57. The van der Waals surface area contributed by atoms with Crippen molar-refractivity contribution in [3.63, 3.8) is 0 Å². The van der Waals surface area contributed by atoms with Crippen LogP contribution in [0.3, 0.4) is 0 Å². The predicted octanol–water partition coefficient (Wildman–Crippen LogP) is 16.1. The lowest BCUT2D eigenvalue weighted by molar-refractivity contribution is 0.634. The summed E-state index contributed by atoms with van der Waals surface area (Å²) in [5, 5.41) is 2.45. The number of hydrogen-bond acceptors (Lipinski definition) is 2. The summed E-state index contributed by atoms with van der Waals surface area (Å²) in [5.41, 5.74) is 19.6. The molecule has 0 saturated carbocycles. The van der Waals surface area contributed by atoms with Crippen molar-refractivity contribution in [2.45, 2.75) is 38.5 Å². The second kappa shape index (κ2) is 13.7. The monoisotopic (exact) mass is 770 g/mol. The molecule has 0 radical (unpaired) electrons. The van der Waals surface area contributed by atoms with E-state index in [1.54, 1.807) is 0 Å². The molecular weight excluding hydrogens is 725 g/mol. The van der Waals surface area contributed by atoms with E-state index >= 15 is 0 Å². The second-order valence-corrected chi connectivity index (χ2v) is 17.3. The molecule has 2 aliphatic rings. The number of para-hydroxylation sites is 2. The summed E-state index contributed by atoms with van der Waals surface area (Å²) in [6.07, 6.45) is 0. The molecule has 288 valence electrons. The lowest BCUT2D eigenvalue weighted by Gasteiger charge is -2.44. The highest BCUT2D eigenvalue weighted by molar-refractivity contribution is 6.08. The third-order valence-corrected chi connectivity index (χ3v) is 13.2. The molecule has 1 aliphatic carbocycles. The van der Waals surface area contributed by atoms with Crippen molar-refractivity contribution in [3.8, 4) is 33.4 Å². The van der Waals surface area contributed by atoms with Gasteiger partial charge < -0.3 is 9.80 Å². The number of nitrogens with zero attached hydrogens (tertiary/aromatic N) is 2. The summed E-state index contributed by atoms with van der Waals surface area (Å²) in [4.78, 5) is 4.94. The van der Waals surface area contributed by atoms with Crippen LogP contribution >= 0.6 is 0 Å². The molecule has 0 N–H and O–H groups in total. The summed E-state index contributed by atoms with van der Waals surface area (Å²) in [5.74, 6) is 0. The maximum Gasteiger partial charge on any atom is 0.0618 e. The highest BCUT2D eigenvalue weighted by Gasteiger charge is 2.40. The zero-order valence-corrected chi connectivity index (χ0v) is 34.5. The molecule has 9 aromatic carbocycles. The fraction of sp³-hybridized carbons (Fsp3) is 0.103. The van der Waals surface area contributed by atoms with Gasteiger partial charge in [0.2, 0.25) is 0 Å². The van der Waals surface area contributed by atoms with Gasteiger partial charge in [0.15, 0.2) is 0 Å². The molecule has 1 aliphatic heterocycles. The molecule has 0 bridgehead atoms. The van der Waals surface area contributed by atoms with Gasteiger partial charge in [-0.2, -0.15) is 0 Å². The number of fused-ring (bicyclic) bond motifs is 6. The van der Waals surface area contributed by atoms with Crippen LogP contribution in [0, 0.1) is 0 Å². The third-order valence-electron chi connectivity index (χ3n) is 13.2. The fourth-order valence-corrected chi connectivity index (χ4v) is 10.3.